The van der Waals surface area contributed by atoms with Gasteiger partial charge in [0.05, 0.1) is 0 Å². The quantitative estimate of drug-likeness (QED) is 0.559. The second-order valence-electron chi connectivity index (χ2n) is 2.94. The monoisotopic (exact) mass is 239 g/mol. The van der Waals surface area contributed by atoms with Crippen LogP contribution in [0.25, 0.3) is 0 Å². The highest BCUT2D eigenvalue weighted by molar-refractivity contribution is 6.22. The van der Waals surface area contributed by atoms with Crippen molar-refractivity contribution in [2.24, 2.45) is 0 Å². The molecule has 0 aliphatic carbocycles. The first kappa shape index (κ1) is 10.2. The Morgan fingerprint density at radius 1 is 1.13 bits per heavy atom. The van der Waals surface area contributed by atoms with Gasteiger partial charge >= 0.3 is 11.4 Å². The zero-order valence-corrected chi connectivity index (χ0v) is 7.89. The Hall–Kier alpha value is -1.30. The second-order valence-corrected chi connectivity index (χ2v) is 3.43. The lowest BCUT2D eigenvalue weighted by Crippen LogP contribution is -2.51. The van der Waals surface area contributed by atoms with Gasteiger partial charge in [0.2, 0.25) is 0 Å². The molecule has 3 nitrogen and oxygen atoms in total. The number of ether oxygens (including phenoxy) is 2. The lowest BCUT2D eigenvalue weighted by Gasteiger charge is -2.33. The number of hydrogen-bond acceptors (Lipinski definition) is 3. The molecule has 2 N–H and O–H groups in total. The summed E-state index contributed by atoms with van der Waals surface area (Å²) in [5, 5.41) is -3.73. The molecular formula is C8H5ClF3NO2. The van der Waals surface area contributed by atoms with Gasteiger partial charge in [-0.2, -0.15) is 13.2 Å². The number of anilines is 1. The van der Waals surface area contributed by atoms with E-state index in [9.17, 15) is 13.2 Å². The van der Waals surface area contributed by atoms with E-state index in [1.54, 1.807) is 0 Å². The minimum atomic E-state index is -4.25. The summed E-state index contributed by atoms with van der Waals surface area (Å²) in [6.45, 7) is 0. The molecule has 2 rings (SSSR count). The summed E-state index contributed by atoms with van der Waals surface area (Å²) < 4.78 is 47.2. The van der Waals surface area contributed by atoms with Crippen molar-refractivity contribution in [2.75, 3.05) is 5.73 Å². The van der Waals surface area contributed by atoms with Crippen LogP contribution in [0, 0.1) is 0 Å². The molecule has 1 aromatic rings. The summed E-state index contributed by atoms with van der Waals surface area (Å²) in [6.07, 6.45) is -4.25. The molecule has 0 bridgehead atoms. The average molecular weight is 240 g/mol. The Balaban J connectivity index is 2.47. The molecule has 7 heteroatoms. The van der Waals surface area contributed by atoms with Gasteiger partial charge < -0.3 is 15.2 Å². The van der Waals surface area contributed by atoms with Gasteiger partial charge in [-0.15, -0.1) is 0 Å². The van der Waals surface area contributed by atoms with Crippen LogP contribution in [-0.2, 0) is 0 Å². The fourth-order valence-corrected chi connectivity index (χ4v) is 1.21. The van der Waals surface area contributed by atoms with Crippen molar-refractivity contribution in [3.05, 3.63) is 18.2 Å². The highest BCUT2D eigenvalue weighted by atomic mass is 35.5. The van der Waals surface area contributed by atoms with E-state index in [0.29, 0.717) is 0 Å². The van der Waals surface area contributed by atoms with Crippen molar-refractivity contribution in [3.63, 3.8) is 0 Å². The summed E-state index contributed by atoms with van der Waals surface area (Å²) in [6, 6.07) is 3.60. The fourth-order valence-electron chi connectivity index (χ4n) is 1.08. The smallest absolute Gasteiger partial charge is 0.434 e. The van der Waals surface area contributed by atoms with Crippen molar-refractivity contribution >= 4 is 17.3 Å². The maximum atomic E-state index is 13.1. The molecule has 0 spiro atoms. The zero-order valence-electron chi connectivity index (χ0n) is 7.14. The molecule has 0 saturated heterocycles. The van der Waals surface area contributed by atoms with Gasteiger partial charge in [0.1, 0.15) is 0 Å². The van der Waals surface area contributed by atoms with Crippen molar-refractivity contribution in [2.45, 2.75) is 11.4 Å². The van der Waals surface area contributed by atoms with E-state index in [1.165, 1.54) is 6.07 Å². The number of nitrogen functional groups attached to an aromatic ring is 1. The lowest BCUT2D eigenvalue weighted by atomic mass is 10.2. The first-order chi connectivity index (χ1) is 6.82. The molecule has 1 aromatic carbocycles. The number of alkyl halides is 4. The van der Waals surface area contributed by atoms with Gasteiger partial charge in [-0.25, -0.2) is 0 Å². The third-order valence-electron chi connectivity index (χ3n) is 1.78. The van der Waals surface area contributed by atoms with Gasteiger partial charge in [-0.1, -0.05) is 0 Å². The van der Waals surface area contributed by atoms with Gasteiger partial charge in [-0.05, 0) is 23.7 Å². The van der Waals surface area contributed by atoms with E-state index in [1.807, 2.05) is 0 Å². The molecule has 0 saturated carbocycles. The number of benzene rings is 1. The Morgan fingerprint density at radius 3 is 2.47 bits per heavy atom. The van der Waals surface area contributed by atoms with Crippen LogP contribution in [0.5, 0.6) is 11.5 Å². The molecule has 0 aromatic heterocycles. The van der Waals surface area contributed by atoms with Gasteiger partial charge in [-0.3, -0.25) is 0 Å². The molecule has 1 heterocycles. The Morgan fingerprint density at radius 2 is 1.80 bits per heavy atom. The lowest BCUT2D eigenvalue weighted by molar-refractivity contribution is -0.303. The van der Waals surface area contributed by atoms with E-state index in [0.717, 1.165) is 12.1 Å². The molecule has 0 radical (unpaired) electrons. The van der Waals surface area contributed by atoms with E-state index in [4.69, 9.17) is 17.3 Å². The average Bonchev–Trinajstić information content (AvgIpc) is 2.07. The highest BCUT2D eigenvalue weighted by Gasteiger charge is 2.63. The Kier molecular flexibility index (Phi) is 1.94. The normalized spacial score (nSPS) is 27.5. The van der Waals surface area contributed by atoms with E-state index in [-0.39, 0.29) is 17.2 Å². The summed E-state index contributed by atoms with van der Waals surface area (Å²) >= 11 is 4.84. The SMILES string of the molecule is Nc1ccc2c(c1)O[C@](F)(Cl)C(F)(F)O2. The van der Waals surface area contributed by atoms with Crippen molar-refractivity contribution in [3.8, 4) is 11.5 Å². The first-order valence-electron chi connectivity index (χ1n) is 3.85. The number of nitrogens with two attached hydrogens (primary N) is 1. The van der Waals surface area contributed by atoms with Crippen LogP contribution in [0.1, 0.15) is 0 Å². The van der Waals surface area contributed by atoms with Gasteiger partial charge in [0, 0.05) is 11.8 Å². The molecule has 82 valence electrons. The largest absolute Gasteiger partial charge is 0.488 e. The maximum Gasteiger partial charge on any atom is 0.488 e. The summed E-state index contributed by atoms with van der Waals surface area (Å²) in [5.74, 6) is -0.582. The number of fused-ring (bicyclic) bond motifs is 1. The zero-order chi connectivity index (χ0) is 11.3. The van der Waals surface area contributed by atoms with E-state index >= 15 is 0 Å². The van der Waals surface area contributed by atoms with Crippen LogP contribution < -0.4 is 15.2 Å². The molecule has 15 heavy (non-hydrogen) atoms. The predicted octanol–water partition coefficient (Wildman–Crippen LogP) is 2.49. The molecule has 0 fully saturated rings. The van der Waals surface area contributed by atoms with Gasteiger partial charge in [0.15, 0.2) is 11.5 Å². The molecule has 0 amide bonds. The minimum absolute atomic E-state index is 0.218. The van der Waals surface area contributed by atoms with Crippen LogP contribution in [0.2, 0.25) is 0 Å². The Labute approximate surface area is 87.5 Å². The van der Waals surface area contributed by atoms with Crippen LogP contribution in [0.4, 0.5) is 18.9 Å². The summed E-state index contributed by atoms with van der Waals surface area (Å²) in [4.78, 5) is 0. The summed E-state index contributed by atoms with van der Waals surface area (Å²) in [7, 11) is 0. The first-order valence-corrected chi connectivity index (χ1v) is 4.23. The summed E-state index contributed by atoms with van der Waals surface area (Å²) in [5.41, 5.74) is 5.57. The molecule has 0 unspecified atom stereocenters. The van der Waals surface area contributed by atoms with Crippen LogP contribution >= 0.6 is 11.6 Å². The third kappa shape index (κ3) is 1.54. The molecular weight excluding hydrogens is 235 g/mol. The minimum Gasteiger partial charge on any atom is -0.434 e. The number of halogens is 4. The van der Waals surface area contributed by atoms with Crippen molar-refractivity contribution in [1.82, 2.24) is 0 Å². The topological polar surface area (TPSA) is 44.5 Å². The van der Waals surface area contributed by atoms with Crippen molar-refractivity contribution in [1.29, 1.82) is 0 Å². The van der Waals surface area contributed by atoms with Crippen LogP contribution in [-0.4, -0.2) is 11.4 Å². The second kappa shape index (κ2) is 2.85. The van der Waals surface area contributed by atoms with E-state index < -0.39 is 11.4 Å². The van der Waals surface area contributed by atoms with Gasteiger partial charge in [0.25, 0.3) is 0 Å². The molecule has 1 aliphatic heterocycles. The van der Waals surface area contributed by atoms with Crippen LogP contribution in [0.3, 0.4) is 0 Å². The Bertz CT molecular complexity index is 411. The number of rotatable bonds is 0. The highest BCUT2D eigenvalue weighted by Crippen LogP contribution is 2.48. The fraction of sp³-hybridized carbons (Fsp3) is 0.250. The van der Waals surface area contributed by atoms with E-state index in [2.05, 4.69) is 9.47 Å². The number of hydrogen-bond donors (Lipinski definition) is 1. The standard InChI is InChI=1S/C8H5ClF3NO2/c9-7(10)8(11,12)15-5-2-1-4(13)3-6(5)14-7/h1-3H,13H2/t7-/m0/s1. The van der Waals surface area contributed by atoms with Crippen molar-refractivity contribution < 1.29 is 22.6 Å². The third-order valence-corrected chi connectivity index (χ3v) is 2.08. The molecule has 1 aliphatic rings. The maximum absolute atomic E-state index is 13.1. The van der Waals surface area contributed by atoms with Crippen LogP contribution in [0.15, 0.2) is 18.2 Å². The predicted molar refractivity (Wildman–Crippen MR) is 46.7 cm³/mol. The molecule has 1 atom stereocenters.